The summed E-state index contributed by atoms with van der Waals surface area (Å²) in [6, 6.07) is 0. The molecule has 6 atom stereocenters. The van der Waals surface area contributed by atoms with Crippen LogP contribution >= 0.6 is 0 Å². The van der Waals surface area contributed by atoms with E-state index in [1.807, 2.05) is 19.9 Å². The largest absolute Gasteiger partial charge is 0.392 e. The summed E-state index contributed by atoms with van der Waals surface area (Å²) in [4.78, 5) is 13.3. The highest BCUT2D eigenvalue weighted by Crippen LogP contribution is 2.50. The van der Waals surface area contributed by atoms with Gasteiger partial charge in [0.05, 0.1) is 12.2 Å². The van der Waals surface area contributed by atoms with Crippen LogP contribution in [-0.2, 0) is 4.79 Å². The van der Waals surface area contributed by atoms with E-state index in [9.17, 15) is 15.0 Å². The van der Waals surface area contributed by atoms with Crippen LogP contribution in [0.4, 0.5) is 0 Å². The van der Waals surface area contributed by atoms with Crippen LogP contribution in [0.2, 0.25) is 0 Å². The zero-order valence-electron chi connectivity index (χ0n) is 17.9. The fourth-order valence-electron chi connectivity index (χ4n) is 4.54. The third-order valence-corrected chi connectivity index (χ3v) is 6.35. The molecule has 4 nitrogen and oxygen atoms in total. The molecule has 2 saturated carbocycles. The highest BCUT2D eigenvalue weighted by atomic mass is 16.3. The van der Waals surface area contributed by atoms with Gasteiger partial charge in [-0.25, -0.2) is 0 Å². The average Bonchev–Trinajstić information content (AvgIpc) is 3.17. The lowest BCUT2D eigenvalue weighted by atomic mass is 9.89. The minimum absolute atomic E-state index is 0.0990. The molecule has 0 aromatic heterocycles. The Bertz CT molecular complexity index is 640. The molecule has 2 aliphatic rings. The minimum Gasteiger partial charge on any atom is -0.392 e. The Kier molecular flexibility index (Phi) is 8.79. The van der Waals surface area contributed by atoms with Gasteiger partial charge in [-0.1, -0.05) is 30.7 Å². The van der Waals surface area contributed by atoms with E-state index < -0.39 is 6.10 Å². The van der Waals surface area contributed by atoms with Crippen LogP contribution < -0.4 is 0 Å². The fraction of sp³-hybridized carbons (Fsp3) is 0.708. The first-order valence-corrected chi connectivity index (χ1v) is 10.7. The average molecular weight is 388 g/mol. The van der Waals surface area contributed by atoms with Gasteiger partial charge < -0.3 is 15.1 Å². The van der Waals surface area contributed by atoms with Crippen molar-refractivity contribution < 1.29 is 15.0 Å². The maximum atomic E-state index is 11.7. The molecular weight excluding hydrogens is 350 g/mol. The van der Waals surface area contributed by atoms with Gasteiger partial charge in [0.2, 0.25) is 5.91 Å². The van der Waals surface area contributed by atoms with Crippen molar-refractivity contribution >= 4 is 5.91 Å². The third-order valence-electron chi connectivity index (χ3n) is 6.35. The van der Waals surface area contributed by atoms with Crippen molar-refractivity contribution in [3.63, 3.8) is 0 Å². The molecule has 1 amide bonds. The Labute approximate surface area is 170 Å². The Hall–Kier alpha value is -1.57. The number of unbranched alkanes of at least 4 members (excludes halogenated alkanes) is 1. The molecule has 0 aromatic carbocycles. The number of allylic oxidation sites excluding steroid dienone is 2. The monoisotopic (exact) mass is 387 g/mol. The van der Waals surface area contributed by atoms with Crippen molar-refractivity contribution in [2.24, 2.45) is 23.7 Å². The van der Waals surface area contributed by atoms with Gasteiger partial charge in [-0.3, -0.25) is 4.79 Å². The van der Waals surface area contributed by atoms with E-state index >= 15 is 0 Å². The normalized spacial score (nSPS) is 30.1. The smallest absolute Gasteiger partial charge is 0.222 e. The molecule has 2 N–H and O–H groups in total. The van der Waals surface area contributed by atoms with Crippen LogP contribution in [0.3, 0.4) is 0 Å². The number of hydrogen-bond donors (Lipinski definition) is 2. The molecule has 0 aliphatic heterocycles. The number of amides is 1. The van der Waals surface area contributed by atoms with Crippen molar-refractivity contribution in [2.45, 2.75) is 71.0 Å². The highest BCUT2D eigenvalue weighted by Gasteiger charge is 2.44. The molecule has 156 valence electrons. The Morgan fingerprint density at radius 1 is 1.36 bits per heavy atom. The Morgan fingerprint density at radius 3 is 2.79 bits per heavy atom. The summed E-state index contributed by atoms with van der Waals surface area (Å²) in [6.45, 7) is 3.82. The number of aliphatic hydroxyl groups excluding tert-OH is 2. The van der Waals surface area contributed by atoms with Crippen molar-refractivity contribution in [3.05, 3.63) is 23.8 Å². The van der Waals surface area contributed by atoms with Gasteiger partial charge in [-0.15, -0.1) is 11.8 Å². The number of carbonyl (C=O) groups excluding carboxylic acids is 1. The first kappa shape index (κ1) is 22.7. The summed E-state index contributed by atoms with van der Waals surface area (Å²) >= 11 is 0. The van der Waals surface area contributed by atoms with Crippen LogP contribution in [0.5, 0.6) is 0 Å². The molecule has 0 radical (unpaired) electrons. The molecule has 0 saturated heterocycles. The van der Waals surface area contributed by atoms with Gasteiger partial charge in [0.15, 0.2) is 0 Å². The molecule has 0 heterocycles. The summed E-state index contributed by atoms with van der Waals surface area (Å²) in [7, 11) is 3.60. The van der Waals surface area contributed by atoms with Gasteiger partial charge in [0.25, 0.3) is 0 Å². The Balaban J connectivity index is 1.86. The van der Waals surface area contributed by atoms with E-state index in [-0.39, 0.29) is 23.8 Å². The lowest BCUT2D eigenvalue weighted by Crippen LogP contribution is -2.20. The molecule has 0 bridgehead atoms. The molecule has 28 heavy (non-hydrogen) atoms. The van der Waals surface area contributed by atoms with Crippen molar-refractivity contribution in [1.29, 1.82) is 0 Å². The number of hydrogen-bond acceptors (Lipinski definition) is 3. The third kappa shape index (κ3) is 6.22. The second kappa shape index (κ2) is 10.8. The van der Waals surface area contributed by atoms with E-state index in [4.69, 9.17) is 0 Å². The molecular formula is C24H37NO3. The minimum atomic E-state index is -0.516. The van der Waals surface area contributed by atoms with Gasteiger partial charge in [-0.2, -0.15) is 0 Å². The highest BCUT2D eigenvalue weighted by molar-refractivity contribution is 5.75. The summed E-state index contributed by atoms with van der Waals surface area (Å²) in [5.41, 5.74) is 1.48. The number of rotatable bonds is 8. The van der Waals surface area contributed by atoms with Gasteiger partial charge in [0, 0.05) is 32.9 Å². The summed E-state index contributed by atoms with van der Waals surface area (Å²) in [5.74, 6) is 7.32. The lowest BCUT2D eigenvalue weighted by molar-refractivity contribution is -0.128. The van der Waals surface area contributed by atoms with Crippen molar-refractivity contribution in [2.75, 3.05) is 14.1 Å². The van der Waals surface area contributed by atoms with E-state index in [0.29, 0.717) is 24.7 Å². The van der Waals surface area contributed by atoms with Crippen molar-refractivity contribution in [3.8, 4) is 11.8 Å². The van der Waals surface area contributed by atoms with Crippen LogP contribution in [0.25, 0.3) is 0 Å². The predicted molar refractivity (Wildman–Crippen MR) is 113 cm³/mol. The first-order valence-electron chi connectivity index (χ1n) is 10.7. The van der Waals surface area contributed by atoms with E-state index in [2.05, 4.69) is 24.0 Å². The van der Waals surface area contributed by atoms with E-state index in [0.717, 1.165) is 32.1 Å². The topological polar surface area (TPSA) is 60.8 Å². The molecule has 0 spiro atoms. The molecule has 4 heteroatoms. The quantitative estimate of drug-likeness (QED) is 0.380. The van der Waals surface area contributed by atoms with Gasteiger partial charge in [0.1, 0.15) is 0 Å². The molecule has 0 aromatic rings. The van der Waals surface area contributed by atoms with Crippen LogP contribution in [0, 0.1) is 35.5 Å². The molecule has 2 fully saturated rings. The van der Waals surface area contributed by atoms with Crippen molar-refractivity contribution in [1.82, 2.24) is 4.90 Å². The number of carbonyl (C=O) groups is 1. The number of nitrogens with zero attached hydrogens (tertiary/aromatic N) is 1. The zero-order valence-corrected chi connectivity index (χ0v) is 17.9. The Morgan fingerprint density at radius 2 is 2.11 bits per heavy atom. The summed E-state index contributed by atoms with van der Waals surface area (Å²) < 4.78 is 0. The second-order valence-electron chi connectivity index (χ2n) is 8.74. The summed E-state index contributed by atoms with van der Waals surface area (Å²) in [6.07, 6.45) is 11.5. The number of aliphatic hydroxyl groups is 2. The molecule has 2 aliphatic carbocycles. The summed E-state index contributed by atoms with van der Waals surface area (Å²) in [5, 5.41) is 20.8. The maximum Gasteiger partial charge on any atom is 0.222 e. The van der Waals surface area contributed by atoms with E-state index in [1.165, 1.54) is 5.57 Å². The van der Waals surface area contributed by atoms with Crippen LogP contribution in [0.1, 0.15) is 58.8 Å². The van der Waals surface area contributed by atoms with Crippen LogP contribution in [0.15, 0.2) is 23.8 Å². The molecule has 0 unspecified atom stereocenters. The standard InChI is InChI=1S/C24H37NO3/c1-5-6-9-17(2)22(26)13-12-20-21-15-18(14-19(21)16-23(20)27)10-7-8-11-24(28)25(3)4/h10,12-13,17,19-23,26-27H,7-9,11,14-16H2,1-4H3/t17-,19+,20-,21+,22-,23-/m1/s1. The number of fused-ring (bicyclic) bond motifs is 1. The lowest BCUT2D eigenvalue weighted by Gasteiger charge is -2.19. The molecule has 2 rings (SSSR count). The zero-order chi connectivity index (χ0) is 20.7. The predicted octanol–water partition coefficient (Wildman–Crippen LogP) is 3.54. The van der Waals surface area contributed by atoms with Crippen LogP contribution in [-0.4, -0.2) is 47.3 Å². The van der Waals surface area contributed by atoms with E-state index in [1.54, 1.807) is 19.0 Å². The van der Waals surface area contributed by atoms with Gasteiger partial charge >= 0.3 is 0 Å². The SMILES string of the molecule is CC#CC[C@@H](C)[C@H](O)C=C[C@@H]1[C@H]2CC(=CCCCC(=O)N(C)C)C[C@H]2C[C@H]1O. The first-order chi connectivity index (χ1) is 13.3. The van der Waals surface area contributed by atoms with Gasteiger partial charge in [-0.05, 0) is 56.8 Å². The second-order valence-corrected chi connectivity index (χ2v) is 8.74. The maximum absolute atomic E-state index is 11.7. The fourth-order valence-corrected chi connectivity index (χ4v) is 4.54.